The Kier molecular flexibility index (Phi) is 6.06. The molecule has 0 spiro atoms. The molecular formula is C24H27ClN6O3S. The Bertz CT molecular complexity index is 1520. The maximum Gasteiger partial charge on any atom is 0.177 e. The number of aryl methyl sites for hydroxylation is 3. The predicted octanol–water partition coefficient (Wildman–Crippen LogP) is 4.95. The lowest BCUT2D eigenvalue weighted by atomic mass is 10.1. The first-order valence-corrected chi connectivity index (χ1v) is 13.7. The van der Waals surface area contributed by atoms with Gasteiger partial charge in [0.1, 0.15) is 22.7 Å². The number of benzene rings is 1. The molecule has 4 heterocycles. The standard InChI is InChI=1S/C24H27ClN6O3S/c1-14-11-18(29-30(14)3)16-8-9-17(20(12-16)35(4,32)33)27-19-13-21(25)28-24-23(19)26-15(2)31(24)22-7-5-6-10-34-22/h8-9,11-13,22H,5-7,10H2,1-4H3,(H,27,28). The molecule has 1 saturated heterocycles. The Morgan fingerprint density at radius 3 is 2.57 bits per heavy atom. The maximum absolute atomic E-state index is 12.8. The van der Waals surface area contributed by atoms with Gasteiger partial charge in [-0.25, -0.2) is 18.4 Å². The second-order valence-electron chi connectivity index (χ2n) is 8.92. The number of hydrogen-bond donors (Lipinski definition) is 1. The van der Waals surface area contributed by atoms with Gasteiger partial charge in [0, 0.05) is 37.2 Å². The molecule has 35 heavy (non-hydrogen) atoms. The van der Waals surface area contributed by atoms with E-state index < -0.39 is 9.84 Å². The minimum absolute atomic E-state index is 0.153. The number of nitrogens with one attached hydrogen (secondary N) is 1. The van der Waals surface area contributed by atoms with Gasteiger partial charge in [-0.05, 0) is 51.3 Å². The third kappa shape index (κ3) is 4.53. The fraction of sp³-hybridized carbons (Fsp3) is 0.375. The first-order chi connectivity index (χ1) is 16.6. The molecule has 1 aliphatic heterocycles. The normalized spacial score (nSPS) is 16.7. The van der Waals surface area contributed by atoms with Crippen LogP contribution < -0.4 is 5.32 Å². The monoisotopic (exact) mass is 514 g/mol. The molecule has 0 bridgehead atoms. The summed E-state index contributed by atoms with van der Waals surface area (Å²) in [5.41, 5.74) is 4.60. The largest absolute Gasteiger partial charge is 0.358 e. The number of sulfone groups is 1. The van der Waals surface area contributed by atoms with Crippen LogP contribution in [0, 0.1) is 13.8 Å². The van der Waals surface area contributed by atoms with E-state index in [2.05, 4.69) is 15.4 Å². The maximum atomic E-state index is 12.8. The van der Waals surface area contributed by atoms with Crippen LogP contribution in [0.5, 0.6) is 0 Å². The van der Waals surface area contributed by atoms with E-state index in [-0.39, 0.29) is 16.3 Å². The van der Waals surface area contributed by atoms with Gasteiger partial charge in [-0.1, -0.05) is 17.7 Å². The van der Waals surface area contributed by atoms with Gasteiger partial charge in [0.2, 0.25) is 0 Å². The highest BCUT2D eigenvalue weighted by molar-refractivity contribution is 7.90. The molecule has 1 aliphatic rings. The van der Waals surface area contributed by atoms with Crippen LogP contribution in [0.15, 0.2) is 35.2 Å². The van der Waals surface area contributed by atoms with E-state index in [9.17, 15) is 8.42 Å². The molecule has 0 saturated carbocycles. The highest BCUT2D eigenvalue weighted by Crippen LogP contribution is 2.35. The van der Waals surface area contributed by atoms with E-state index in [1.807, 2.05) is 37.6 Å². The first kappa shape index (κ1) is 23.8. The lowest BCUT2D eigenvalue weighted by Crippen LogP contribution is -2.19. The number of fused-ring (bicyclic) bond motifs is 1. The van der Waals surface area contributed by atoms with Crippen molar-refractivity contribution in [1.82, 2.24) is 24.3 Å². The minimum Gasteiger partial charge on any atom is -0.358 e. The number of rotatable bonds is 5. The number of imidazole rings is 1. The van der Waals surface area contributed by atoms with Crippen molar-refractivity contribution >= 4 is 44.0 Å². The second kappa shape index (κ2) is 8.92. The van der Waals surface area contributed by atoms with Crippen LogP contribution in [0.25, 0.3) is 22.4 Å². The summed E-state index contributed by atoms with van der Waals surface area (Å²) in [6.07, 6.45) is 4.01. The molecule has 3 aromatic heterocycles. The molecule has 11 heteroatoms. The average molecular weight is 515 g/mol. The smallest absolute Gasteiger partial charge is 0.177 e. The summed E-state index contributed by atoms with van der Waals surface area (Å²) in [6.45, 7) is 4.54. The molecule has 0 amide bonds. The Morgan fingerprint density at radius 2 is 1.91 bits per heavy atom. The van der Waals surface area contributed by atoms with Gasteiger partial charge in [0.05, 0.1) is 22.0 Å². The van der Waals surface area contributed by atoms with Gasteiger partial charge in [-0.3, -0.25) is 9.25 Å². The molecule has 1 unspecified atom stereocenters. The van der Waals surface area contributed by atoms with Crippen LogP contribution in [0.4, 0.5) is 11.4 Å². The molecule has 9 nitrogen and oxygen atoms in total. The van der Waals surface area contributed by atoms with Crippen LogP contribution in [-0.4, -0.2) is 45.6 Å². The minimum atomic E-state index is -3.56. The molecule has 0 aliphatic carbocycles. The molecule has 1 atom stereocenters. The van der Waals surface area contributed by atoms with Crippen molar-refractivity contribution < 1.29 is 13.2 Å². The third-order valence-corrected chi connectivity index (χ3v) is 7.63. The van der Waals surface area contributed by atoms with Crippen molar-refractivity contribution in [3.8, 4) is 11.3 Å². The SMILES string of the molecule is Cc1cc(-c2ccc(Nc3cc(Cl)nc4c3nc(C)n4C3CCCCO3)c(S(C)(=O)=O)c2)nn1C. The lowest BCUT2D eigenvalue weighted by Gasteiger charge is -2.25. The van der Waals surface area contributed by atoms with E-state index in [1.165, 1.54) is 6.26 Å². The number of hydrogen-bond acceptors (Lipinski definition) is 7. The van der Waals surface area contributed by atoms with Crippen molar-refractivity contribution in [2.45, 2.75) is 44.2 Å². The highest BCUT2D eigenvalue weighted by Gasteiger charge is 2.24. The first-order valence-electron chi connectivity index (χ1n) is 11.4. The molecular weight excluding hydrogens is 488 g/mol. The number of aromatic nitrogens is 5. The zero-order valence-electron chi connectivity index (χ0n) is 20.0. The zero-order chi connectivity index (χ0) is 24.9. The van der Waals surface area contributed by atoms with E-state index in [0.29, 0.717) is 40.4 Å². The molecule has 1 N–H and O–H groups in total. The number of pyridine rings is 1. The Balaban J connectivity index is 1.60. The fourth-order valence-corrected chi connectivity index (χ4v) is 5.50. The molecule has 1 fully saturated rings. The van der Waals surface area contributed by atoms with Crippen molar-refractivity contribution in [3.63, 3.8) is 0 Å². The van der Waals surface area contributed by atoms with Gasteiger partial charge in [0.25, 0.3) is 0 Å². The number of halogens is 1. The lowest BCUT2D eigenvalue weighted by molar-refractivity contribution is -0.0309. The summed E-state index contributed by atoms with van der Waals surface area (Å²) >= 11 is 6.40. The van der Waals surface area contributed by atoms with Crippen LogP contribution in [0.2, 0.25) is 5.15 Å². The van der Waals surface area contributed by atoms with Gasteiger partial charge in [0.15, 0.2) is 15.5 Å². The Labute approximate surface area is 209 Å². The van der Waals surface area contributed by atoms with E-state index in [0.717, 1.165) is 30.8 Å². The van der Waals surface area contributed by atoms with Crippen LogP contribution in [-0.2, 0) is 21.6 Å². The van der Waals surface area contributed by atoms with Crippen molar-refractivity contribution in [3.05, 3.63) is 47.0 Å². The molecule has 1 aromatic carbocycles. The predicted molar refractivity (Wildman–Crippen MR) is 136 cm³/mol. The Morgan fingerprint density at radius 1 is 1.11 bits per heavy atom. The number of nitrogens with zero attached hydrogens (tertiary/aromatic N) is 5. The van der Waals surface area contributed by atoms with Crippen LogP contribution >= 0.6 is 11.6 Å². The third-order valence-electron chi connectivity index (χ3n) is 6.30. The molecule has 184 valence electrons. The van der Waals surface area contributed by atoms with E-state index in [1.54, 1.807) is 22.9 Å². The van der Waals surface area contributed by atoms with E-state index in [4.69, 9.17) is 21.3 Å². The molecule has 0 radical (unpaired) electrons. The second-order valence-corrected chi connectivity index (χ2v) is 11.3. The fourth-order valence-electron chi connectivity index (χ4n) is 4.45. The number of ether oxygens (including phenoxy) is 1. The van der Waals surface area contributed by atoms with Gasteiger partial charge in [-0.2, -0.15) is 5.10 Å². The zero-order valence-corrected chi connectivity index (χ0v) is 21.6. The summed E-state index contributed by atoms with van der Waals surface area (Å²) in [7, 11) is -1.71. The van der Waals surface area contributed by atoms with Crippen LogP contribution in [0.1, 0.15) is 37.0 Å². The van der Waals surface area contributed by atoms with Gasteiger partial charge < -0.3 is 10.1 Å². The summed E-state index contributed by atoms with van der Waals surface area (Å²) < 4.78 is 35.2. The summed E-state index contributed by atoms with van der Waals surface area (Å²) in [5, 5.41) is 8.01. The average Bonchev–Trinajstić information content (AvgIpc) is 3.32. The molecule has 5 rings (SSSR count). The van der Waals surface area contributed by atoms with E-state index >= 15 is 0 Å². The van der Waals surface area contributed by atoms with Crippen molar-refractivity contribution in [2.24, 2.45) is 7.05 Å². The highest BCUT2D eigenvalue weighted by atomic mass is 35.5. The van der Waals surface area contributed by atoms with Crippen LogP contribution in [0.3, 0.4) is 0 Å². The summed E-state index contributed by atoms with van der Waals surface area (Å²) in [5.74, 6) is 0.758. The number of anilines is 2. The molecule has 4 aromatic rings. The topological polar surface area (TPSA) is 104 Å². The van der Waals surface area contributed by atoms with Gasteiger partial charge >= 0.3 is 0 Å². The summed E-state index contributed by atoms with van der Waals surface area (Å²) in [4.78, 5) is 9.42. The van der Waals surface area contributed by atoms with Crippen molar-refractivity contribution in [1.29, 1.82) is 0 Å². The quantitative estimate of drug-likeness (QED) is 0.376. The Hall–Kier alpha value is -2.95. The summed E-state index contributed by atoms with van der Waals surface area (Å²) in [6, 6.07) is 8.80. The van der Waals surface area contributed by atoms with Gasteiger partial charge in [-0.15, -0.1) is 0 Å². The van der Waals surface area contributed by atoms with Crippen molar-refractivity contribution in [2.75, 3.05) is 18.2 Å².